The van der Waals surface area contributed by atoms with Crippen LogP contribution in [0.1, 0.15) is 22.8 Å². The van der Waals surface area contributed by atoms with Crippen molar-refractivity contribution in [1.29, 1.82) is 0 Å². The van der Waals surface area contributed by atoms with E-state index in [4.69, 9.17) is 15.2 Å². The second-order valence-corrected chi connectivity index (χ2v) is 4.22. The summed E-state index contributed by atoms with van der Waals surface area (Å²) in [6, 6.07) is 5.53. The summed E-state index contributed by atoms with van der Waals surface area (Å²) >= 11 is 0. The van der Waals surface area contributed by atoms with Gasteiger partial charge in [0.05, 0.1) is 37.7 Å². The maximum absolute atomic E-state index is 11.5. The van der Waals surface area contributed by atoms with Gasteiger partial charge < -0.3 is 15.2 Å². The summed E-state index contributed by atoms with van der Waals surface area (Å²) in [6.45, 7) is 2.63. The van der Waals surface area contributed by atoms with Crippen molar-refractivity contribution in [3.05, 3.63) is 41.7 Å². The number of carbonyl (C=O) groups excluding carboxylic acids is 1. The highest BCUT2D eigenvalue weighted by Gasteiger charge is 2.09. The zero-order chi connectivity index (χ0) is 14.5. The molecule has 0 aliphatic rings. The van der Waals surface area contributed by atoms with E-state index in [1.54, 1.807) is 31.0 Å². The second-order valence-electron chi connectivity index (χ2n) is 4.22. The molecule has 6 nitrogen and oxygen atoms in total. The van der Waals surface area contributed by atoms with Crippen molar-refractivity contribution < 1.29 is 14.3 Å². The Balaban J connectivity index is 2.10. The average molecular weight is 275 g/mol. The second kappa shape index (κ2) is 6.10. The van der Waals surface area contributed by atoms with Gasteiger partial charge in [0.2, 0.25) is 0 Å². The number of anilines is 1. The molecule has 2 N–H and O–H groups in total. The van der Waals surface area contributed by atoms with Gasteiger partial charge in [-0.25, -0.2) is 4.79 Å². The summed E-state index contributed by atoms with van der Waals surface area (Å²) in [5.74, 6) is 0.273. The summed E-state index contributed by atoms with van der Waals surface area (Å²) in [7, 11) is 1.57. The lowest BCUT2D eigenvalue weighted by Crippen LogP contribution is -2.04. The van der Waals surface area contributed by atoms with Crippen molar-refractivity contribution in [2.75, 3.05) is 19.5 Å². The van der Waals surface area contributed by atoms with E-state index in [1.807, 2.05) is 12.1 Å². The van der Waals surface area contributed by atoms with Gasteiger partial charge in [-0.15, -0.1) is 0 Å². The lowest BCUT2D eigenvalue weighted by Gasteiger charge is -2.07. The Kier molecular flexibility index (Phi) is 4.24. The van der Waals surface area contributed by atoms with Crippen LogP contribution in [0, 0.1) is 0 Å². The van der Waals surface area contributed by atoms with Crippen molar-refractivity contribution in [3.8, 4) is 5.75 Å². The largest absolute Gasteiger partial charge is 0.495 e. The van der Waals surface area contributed by atoms with E-state index in [9.17, 15) is 4.79 Å². The van der Waals surface area contributed by atoms with Crippen LogP contribution in [0.5, 0.6) is 5.75 Å². The Morgan fingerprint density at radius 3 is 2.90 bits per heavy atom. The van der Waals surface area contributed by atoms with Crippen molar-refractivity contribution in [3.63, 3.8) is 0 Å². The molecular formula is C14H17N3O3. The minimum atomic E-state index is -0.368. The van der Waals surface area contributed by atoms with Crippen molar-refractivity contribution in [2.24, 2.45) is 0 Å². The number of carbonyl (C=O) groups is 1. The Bertz CT molecular complexity index is 607. The van der Waals surface area contributed by atoms with Crippen LogP contribution in [0.4, 0.5) is 5.69 Å². The number of rotatable bonds is 5. The molecule has 0 radical (unpaired) electrons. The summed E-state index contributed by atoms with van der Waals surface area (Å²) < 4.78 is 11.7. The highest BCUT2D eigenvalue weighted by molar-refractivity contribution is 5.88. The molecule has 0 saturated heterocycles. The molecule has 0 fully saturated rings. The molecule has 1 heterocycles. The van der Waals surface area contributed by atoms with Gasteiger partial charge in [0.15, 0.2) is 0 Å². The Labute approximate surface area is 117 Å². The van der Waals surface area contributed by atoms with Gasteiger partial charge in [-0.05, 0) is 24.6 Å². The molecule has 20 heavy (non-hydrogen) atoms. The molecule has 6 heteroatoms. The van der Waals surface area contributed by atoms with E-state index in [1.165, 1.54) is 6.20 Å². The van der Waals surface area contributed by atoms with Gasteiger partial charge in [0.1, 0.15) is 5.75 Å². The molecule has 0 atom stereocenters. The van der Waals surface area contributed by atoms with E-state index in [-0.39, 0.29) is 5.97 Å². The number of nitrogens with two attached hydrogens (primary N) is 1. The fourth-order valence-electron chi connectivity index (χ4n) is 1.84. The molecule has 0 bridgehead atoms. The minimum Gasteiger partial charge on any atom is -0.495 e. The standard InChI is InChI=1S/C14H17N3O3/c1-3-20-14(18)11-7-16-17(9-11)8-10-4-5-13(19-2)12(15)6-10/h4-7,9H,3,8,15H2,1-2H3. The molecule has 0 aliphatic heterocycles. The predicted octanol–water partition coefficient (Wildman–Crippen LogP) is 1.70. The number of aromatic nitrogens is 2. The normalized spacial score (nSPS) is 10.3. The number of nitrogen functional groups attached to an aromatic ring is 1. The van der Waals surface area contributed by atoms with Crippen LogP contribution in [0.15, 0.2) is 30.6 Å². The first kappa shape index (κ1) is 13.9. The number of benzene rings is 1. The Hall–Kier alpha value is -2.50. The first-order valence-corrected chi connectivity index (χ1v) is 6.26. The molecule has 0 amide bonds. The topological polar surface area (TPSA) is 79.4 Å². The molecule has 0 saturated carbocycles. The molecule has 1 aromatic heterocycles. The molecule has 0 aliphatic carbocycles. The molecule has 2 rings (SSSR count). The van der Waals surface area contributed by atoms with E-state index in [0.717, 1.165) is 5.56 Å². The highest BCUT2D eigenvalue weighted by Crippen LogP contribution is 2.22. The molecule has 0 unspecified atom stereocenters. The van der Waals surface area contributed by atoms with Gasteiger partial charge in [0.25, 0.3) is 0 Å². The van der Waals surface area contributed by atoms with Gasteiger partial charge >= 0.3 is 5.97 Å². The van der Waals surface area contributed by atoms with Crippen LogP contribution in [0.3, 0.4) is 0 Å². The Morgan fingerprint density at radius 1 is 1.45 bits per heavy atom. The third kappa shape index (κ3) is 3.09. The fourth-order valence-corrected chi connectivity index (χ4v) is 1.84. The summed E-state index contributed by atoms with van der Waals surface area (Å²) in [6.07, 6.45) is 3.14. The van der Waals surface area contributed by atoms with Gasteiger partial charge in [0, 0.05) is 6.20 Å². The SMILES string of the molecule is CCOC(=O)c1cnn(Cc2ccc(OC)c(N)c2)c1. The van der Waals surface area contributed by atoms with E-state index in [0.29, 0.717) is 30.2 Å². The molecule has 0 spiro atoms. The van der Waals surface area contributed by atoms with Gasteiger partial charge in [-0.1, -0.05) is 6.07 Å². The van der Waals surface area contributed by atoms with Crippen molar-refractivity contribution in [1.82, 2.24) is 9.78 Å². The number of methoxy groups -OCH3 is 1. The zero-order valence-corrected chi connectivity index (χ0v) is 11.5. The number of nitrogens with zero attached hydrogens (tertiary/aromatic N) is 2. The number of hydrogen-bond acceptors (Lipinski definition) is 5. The third-order valence-corrected chi connectivity index (χ3v) is 2.78. The van der Waals surface area contributed by atoms with Crippen LogP contribution in [-0.4, -0.2) is 29.5 Å². The third-order valence-electron chi connectivity index (χ3n) is 2.78. The maximum Gasteiger partial charge on any atom is 0.341 e. The number of esters is 1. The zero-order valence-electron chi connectivity index (χ0n) is 11.5. The molecular weight excluding hydrogens is 258 g/mol. The van der Waals surface area contributed by atoms with Gasteiger partial charge in [-0.2, -0.15) is 5.10 Å². The van der Waals surface area contributed by atoms with Crippen molar-refractivity contribution in [2.45, 2.75) is 13.5 Å². The number of ether oxygens (including phenoxy) is 2. The lowest BCUT2D eigenvalue weighted by molar-refractivity contribution is 0.0526. The van der Waals surface area contributed by atoms with Crippen LogP contribution >= 0.6 is 0 Å². The highest BCUT2D eigenvalue weighted by atomic mass is 16.5. The van der Waals surface area contributed by atoms with E-state index in [2.05, 4.69) is 5.10 Å². The average Bonchev–Trinajstić information content (AvgIpc) is 2.88. The van der Waals surface area contributed by atoms with Crippen molar-refractivity contribution >= 4 is 11.7 Å². The quantitative estimate of drug-likeness (QED) is 0.663. The maximum atomic E-state index is 11.5. The predicted molar refractivity (Wildman–Crippen MR) is 74.7 cm³/mol. The van der Waals surface area contributed by atoms with E-state index < -0.39 is 0 Å². The number of hydrogen-bond donors (Lipinski definition) is 1. The minimum absolute atomic E-state index is 0.346. The summed E-state index contributed by atoms with van der Waals surface area (Å²) in [5.41, 5.74) is 7.83. The molecule has 106 valence electrons. The van der Waals surface area contributed by atoms with Gasteiger partial charge in [-0.3, -0.25) is 4.68 Å². The fraction of sp³-hybridized carbons (Fsp3) is 0.286. The van der Waals surface area contributed by atoms with E-state index >= 15 is 0 Å². The summed E-state index contributed by atoms with van der Waals surface area (Å²) in [4.78, 5) is 11.5. The first-order chi connectivity index (χ1) is 9.63. The Morgan fingerprint density at radius 2 is 2.25 bits per heavy atom. The van der Waals surface area contributed by atoms with Crippen LogP contribution in [0.25, 0.3) is 0 Å². The lowest BCUT2D eigenvalue weighted by atomic mass is 10.2. The molecule has 1 aromatic carbocycles. The summed E-state index contributed by atoms with van der Waals surface area (Å²) in [5, 5.41) is 4.13. The first-order valence-electron chi connectivity index (χ1n) is 6.26. The van der Waals surface area contributed by atoms with Crippen LogP contribution in [-0.2, 0) is 11.3 Å². The smallest absolute Gasteiger partial charge is 0.341 e. The van der Waals surface area contributed by atoms with Crippen LogP contribution < -0.4 is 10.5 Å². The van der Waals surface area contributed by atoms with Crippen LogP contribution in [0.2, 0.25) is 0 Å². The molecule has 2 aromatic rings. The monoisotopic (exact) mass is 275 g/mol.